The first-order chi connectivity index (χ1) is 6.49. The van der Waals surface area contributed by atoms with Gasteiger partial charge in [-0.05, 0) is 12.1 Å². The summed E-state index contributed by atoms with van der Waals surface area (Å²) in [6.07, 6.45) is 0. The molecule has 0 bridgehead atoms. The summed E-state index contributed by atoms with van der Waals surface area (Å²) in [5.74, 6) is -1.05. The molecule has 6 nitrogen and oxygen atoms in total. The van der Waals surface area contributed by atoms with E-state index in [1.165, 1.54) is 12.1 Å². The number of hydrogen-bond donors (Lipinski definition) is 0. The van der Waals surface area contributed by atoms with E-state index in [0.717, 1.165) is 0 Å². The van der Waals surface area contributed by atoms with Gasteiger partial charge in [-0.25, -0.2) is 13.2 Å². The van der Waals surface area contributed by atoms with E-state index in [2.05, 4.69) is 9.22 Å². The Morgan fingerprint density at radius 2 is 1.73 bits per heavy atom. The molecule has 0 atom stereocenters. The van der Waals surface area contributed by atoms with Crippen molar-refractivity contribution in [2.24, 2.45) is 0 Å². The first kappa shape index (κ1) is 15.2. The van der Waals surface area contributed by atoms with E-state index >= 15 is 0 Å². The Balaban J connectivity index is 0.00000196. The molecular weight excluding hydrogens is 251 g/mol. The molecule has 0 saturated heterocycles. The maximum absolute atomic E-state index is 10.9. The second kappa shape index (κ2) is 6.71. The molecule has 0 heterocycles. The van der Waals surface area contributed by atoms with E-state index < -0.39 is 16.4 Å². The Hall–Kier alpha value is 0.196. The average Bonchev–Trinajstić information content (AvgIpc) is 2.14. The van der Waals surface area contributed by atoms with Crippen LogP contribution in [0.3, 0.4) is 0 Å². The van der Waals surface area contributed by atoms with Crippen LogP contribution in [0.25, 0.3) is 0 Å². The monoisotopic (exact) mass is 256 g/mol. The summed E-state index contributed by atoms with van der Waals surface area (Å²) in [6.45, 7) is 0. The Labute approximate surface area is 129 Å². The third kappa shape index (κ3) is 6.38. The Morgan fingerprint density at radius 1 is 1.20 bits per heavy atom. The maximum atomic E-state index is 10.9. The normalized spacial score (nSPS) is 10.2. The smallest absolute Gasteiger partial charge is 0.723 e. The van der Waals surface area contributed by atoms with Gasteiger partial charge in [0.2, 0.25) is 0 Å². The van der Waals surface area contributed by atoms with E-state index in [0.29, 0.717) is 0 Å². The number of rotatable bonds is 3. The summed E-state index contributed by atoms with van der Waals surface area (Å²) in [6, 6.07) is 7.50. The molecule has 1 aromatic carbocycles. The zero-order valence-electron chi connectivity index (χ0n) is 7.74. The van der Waals surface area contributed by atoms with Gasteiger partial charge in [-0.3, -0.25) is 4.89 Å². The van der Waals surface area contributed by atoms with Crippen LogP contribution >= 0.6 is 0 Å². The molecule has 0 radical (unpaired) electrons. The van der Waals surface area contributed by atoms with Gasteiger partial charge in [0.15, 0.2) is 0 Å². The Bertz CT molecular complexity index is 414. The molecule has 1 aromatic rings. The van der Waals surface area contributed by atoms with Crippen LogP contribution in [0.4, 0.5) is 0 Å². The summed E-state index contributed by atoms with van der Waals surface area (Å²) in [5, 5.41) is 0. The van der Waals surface area contributed by atoms with Crippen LogP contribution in [0.2, 0.25) is 0 Å². The molecule has 1 rings (SSSR count). The van der Waals surface area contributed by atoms with Gasteiger partial charge in [-0.1, -0.05) is 22.5 Å². The van der Waals surface area contributed by atoms with E-state index in [9.17, 15) is 17.8 Å². The average molecular weight is 256 g/mol. The molecule has 0 unspecified atom stereocenters. The van der Waals surface area contributed by atoms with Crippen LogP contribution in [0.1, 0.15) is 10.4 Å². The molecule has 0 amide bonds. The summed E-state index contributed by atoms with van der Waals surface area (Å²) in [7, 11) is -5.02. The summed E-state index contributed by atoms with van der Waals surface area (Å²) in [4.78, 5) is 14.7. The summed E-state index contributed by atoms with van der Waals surface area (Å²) in [5.41, 5.74) is 0.0798. The molecular formula is C7H5KO6S. The van der Waals surface area contributed by atoms with Gasteiger partial charge in [0.1, 0.15) is 0 Å². The van der Waals surface area contributed by atoms with Crippen molar-refractivity contribution in [1.82, 2.24) is 0 Å². The van der Waals surface area contributed by atoms with Crippen molar-refractivity contribution < 1.29 is 78.4 Å². The predicted octanol–water partition coefficient (Wildman–Crippen LogP) is -2.76. The van der Waals surface area contributed by atoms with Crippen molar-refractivity contribution in [3.05, 3.63) is 35.9 Å². The van der Waals surface area contributed by atoms with E-state index in [-0.39, 0.29) is 56.9 Å². The van der Waals surface area contributed by atoms with Crippen LogP contribution in [0.15, 0.2) is 30.3 Å². The molecule has 76 valence electrons. The van der Waals surface area contributed by atoms with Crippen molar-refractivity contribution >= 4 is 16.4 Å². The largest absolute Gasteiger partial charge is 1.00 e. The van der Waals surface area contributed by atoms with Gasteiger partial charge in [-0.2, -0.15) is 0 Å². The van der Waals surface area contributed by atoms with Gasteiger partial charge in [-0.15, -0.1) is 0 Å². The van der Waals surface area contributed by atoms with E-state index in [4.69, 9.17) is 0 Å². The first-order valence-corrected chi connectivity index (χ1v) is 4.74. The molecule has 0 aliphatic heterocycles. The minimum Gasteiger partial charge on any atom is -0.723 e. The minimum absolute atomic E-state index is 0. The summed E-state index contributed by atoms with van der Waals surface area (Å²) >= 11 is 0. The molecule has 0 spiro atoms. The molecule has 8 heteroatoms. The van der Waals surface area contributed by atoms with Gasteiger partial charge in [0.25, 0.3) is 10.4 Å². The fourth-order valence-electron chi connectivity index (χ4n) is 0.695. The van der Waals surface area contributed by atoms with Crippen LogP contribution in [0, 0.1) is 0 Å². The van der Waals surface area contributed by atoms with E-state index in [1.807, 2.05) is 0 Å². The van der Waals surface area contributed by atoms with Crippen molar-refractivity contribution in [2.45, 2.75) is 0 Å². The Kier molecular flexibility index (Phi) is 6.80. The molecule has 0 saturated carbocycles. The number of hydrogen-bond acceptors (Lipinski definition) is 6. The number of benzene rings is 1. The van der Waals surface area contributed by atoms with Gasteiger partial charge >= 0.3 is 57.4 Å². The third-order valence-corrected chi connectivity index (χ3v) is 1.44. The quantitative estimate of drug-likeness (QED) is 0.191. The van der Waals surface area contributed by atoms with Crippen LogP contribution in [-0.2, 0) is 19.6 Å². The topological polar surface area (TPSA) is 92.7 Å². The first-order valence-electron chi connectivity index (χ1n) is 3.40. The van der Waals surface area contributed by atoms with Crippen LogP contribution in [-0.4, -0.2) is 18.9 Å². The number of carbonyl (C=O) groups is 1. The molecule has 0 aliphatic carbocycles. The molecule has 0 aromatic heterocycles. The maximum Gasteiger partial charge on any atom is 1.00 e. The third-order valence-electron chi connectivity index (χ3n) is 1.20. The van der Waals surface area contributed by atoms with Crippen molar-refractivity contribution in [3.8, 4) is 0 Å². The fourth-order valence-corrected chi connectivity index (χ4v) is 0.840. The zero-order valence-corrected chi connectivity index (χ0v) is 11.7. The van der Waals surface area contributed by atoms with Crippen LogP contribution < -0.4 is 51.4 Å². The molecule has 0 N–H and O–H groups in total. The van der Waals surface area contributed by atoms with Crippen molar-refractivity contribution in [3.63, 3.8) is 0 Å². The van der Waals surface area contributed by atoms with Crippen LogP contribution in [0.5, 0.6) is 0 Å². The van der Waals surface area contributed by atoms with Gasteiger partial charge in [0, 0.05) is 0 Å². The SMILES string of the molecule is O=C(OOS(=O)(=O)[O-])c1ccccc1.[K+]. The van der Waals surface area contributed by atoms with Gasteiger partial charge < -0.3 is 4.55 Å². The number of carbonyl (C=O) groups excluding carboxylic acids is 1. The summed E-state index contributed by atoms with van der Waals surface area (Å²) < 4.78 is 33.0. The standard InChI is InChI=1S/C7H6O6S.K/c8-7(12-13-14(9,10)11)6-4-2-1-3-5-6;/h1-5H,(H,9,10,11);/q;+1/p-1. The van der Waals surface area contributed by atoms with Crippen molar-refractivity contribution in [1.29, 1.82) is 0 Å². The minimum atomic E-state index is -5.02. The predicted molar refractivity (Wildman–Crippen MR) is 42.6 cm³/mol. The second-order valence-electron chi connectivity index (χ2n) is 2.21. The second-order valence-corrected chi connectivity index (χ2v) is 3.17. The fraction of sp³-hybridized carbons (Fsp3) is 0. The molecule has 0 fully saturated rings. The van der Waals surface area contributed by atoms with E-state index in [1.54, 1.807) is 18.2 Å². The van der Waals surface area contributed by atoms with Gasteiger partial charge in [0.05, 0.1) is 5.56 Å². The van der Waals surface area contributed by atoms with Crippen molar-refractivity contribution in [2.75, 3.05) is 0 Å². The zero-order chi connectivity index (χ0) is 10.6. The Morgan fingerprint density at radius 3 is 2.20 bits per heavy atom. The molecule has 15 heavy (non-hydrogen) atoms. The molecule has 0 aliphatic rings.